The Hall–Kier alpha value is -0.680. The van der Waals surface area contributed by atoms with Crippen molar-refractivity contribution in [3.05, 3.63) is 0 Å². The first-order chi connectivity index (χ1) is 14.3. The molecule has 0 radical (unpaired) electrons. The van der Waals surface area contributed by atoms with Gasteiger partial charge < -0.3 is 28.4 Å². The van der Waals surface area contributed by atoms with Crippen LogP contribution in [0.3, 0.4) is 0 Å². The standard InChI is InChI=1S/C23H42O6/c1-4-10-22(28-19-24-2)17-26-15-16-27-18-23(29-20-25-3)14-9-8-13-21-11-6-5-7-12-21/h1,21-23H,5-20H2,2-3H3/t22-,23-/m0/s1. The molecule has 0 saturated heterocycles. The lowest BCUT2D eigenvalue weighted by Crippen LogP contribution is -2.24. The van der Waals surface area contributed by atoms with E-state index in [2.05, 4.69) is 5.92 Å². The number of hydrogen-bond donors (Lipinski definition) is 0. The second-order valence-electron chi connectivity index (χ2n) is 7.74. The fraction of sp³-hybridized carbons (Fsp3) is 0.913. The molecule has 1 fully saturated rings. The highest BCUT2D eigenvalue weighted by Gasteiger charge is 2.14. The first-order valence-electron chi connectivity index (χ1n) is 11.1. The number of hydrogen-bond acceptors (Lipinski definition) is 6. The van der Waals surface area contributed by atoms with Gasteiger partial charge in [-0.2, -0.15) is 0 Å². The highest BCUT2D eigenvalue weighted by atomic mass is 16.7. The highest BCUT2D eigenvalue weighted by Crippen LogP contribution is 2.28. The zero-order chi connectivity index (χ0) is 21.0. The quantitative estimate of drug-likeness (QED) is 0.180. The van der Waals surface area contributed by atoms with Crippen LogP contribution in [0.5, 0.6) is 0 Å². The lowest BCUT2D eigenvalue weighted by Gasteiger charge is -2.22. The van der Waals surface area contributed by atoms with Crippen molar-refractivity contribution < 1.29 is 28.4 Å². The maximum atomic E-state index is 5.76. The van der Waals surface area contributed by atoms with Crippen molar-refractivity contribution in [3.8, 4) is 12.3 Å². The second kappa shape index (κ2) is 19.3. The Bertz CT molecular complexity index is 391. The SMILES string of the molecule is C#CC[C@@H](COCCOC[C@H](CCCCC1CCCCC1)OCOC)OCOC. The third kappa shape index (κ3) is 14.9. The minimum Gasteiger partial charge on any atom is -0.376 e. The summed E-state index contributed by atoms with van der Waals surface area (Å²) in [6.07, 6.45) is 17.7. The number of rotatable bonds is 19. The van der Waals surface area contributed by atoms with Gasteiger partial charge in [-0.05, 0) is 12.3 Å². The van der Waals surface area contributed by atoms with Gasteiger partial charge in [0.05, 0.1) is 38.6 Å². The molecule has 6 heteroatoms. The molecule has 0 amide bonds. The van der Waals surface area contributed by atoms with Crippen LogP contribution in [0.15, 0.2) is 0 Å². The van der Waals surface area contributed by atoms with Crippen LogP contribution in [0.1, 0.15) is 64.2 Å². The van der Waals surface area contributed by atoms with Crippen LogP contribution in [0.25, 0.3) is 0 Å². The normalized spacial score (nSPS) is 17.1. The van der Waals surface area contributed by atoms with Crippen molar-refractivity contribution in [3.63, 3.8) is 0 Å². The van der Waals surface area contributed by atoms with E-state index in [-0.39, 0.29) is 19.0 Å². The van der Waals surface area contributed by atoms with Crippen molar-refractivity contribution >= 4 is 0 Å². The molecular formula is C23H42O6. The van der Waals surface area contributed by atoms with Crippen molar-refractivity contribution in [2.24, 2.45) is 5.92 Å². The van der Waals surface area contributed by atoms with Gasteiger partial charge in [0, 0.05) is 20.6 Å². The molecule has 6 nitrogen and oxygen atoms in total. The average molecular weight is 415 g/mol. The van der Waals surface area contributed by atoms with Crippen molar-refractivity contribution in [1.29, 1.82) is 0 Å². The van der Waals surface area contributed by atoms with Crippen molar-refractivity contribution in [1.82, 2.24) is 0 Å². The van der Waals surface area contributed by atoms with Crippen molar-refractivity contribution in [2.45, 2.75) is 76.4 Å². The van der Waals surface area contributed by atoms with Crippen LogP contribution in [0.4, 0.5) is 0 Å². The van der Waals surface area contributed by atoms with E-state index in [1.54, 1.807) is 14.2 Å². The summed E-state index contributed by atoms with van der Waals surface area (Å²) in [7, 11) is 3.23. The van der Waals surface area contributed by atoms with Crippen LogP contribution in [-0.4, -0.2) is 66.4 Å². The topological polar surface area (TPSA) is 55.4 Å². The Balaban J connectivity index is 2.09. The van der Waals surface area contributed by atoms with Gasteiger partial charge in [-0.1, -0.05) is 51.4 Å². The molecule has 0 aromatic rings. The van der Waals surface area contributed by atoms with E-state index in [0.717, 1.165) is 12.3 Å². The zero-order valence-corrected chi connectivity index (χ0v) is 18.6. The van der Waals surface area contributed by atoms with Gasteiger partial charge in [0.15, 0.2) is 0 Å². The first kappa shape index (κ1) is 26.4. The molecule has 1 rings (SSSR count). The molecule has 170 valence electrons. The van der Waals surface area contributed by atoms with E-state index in [1.807, 2.05) is 0 Å². The van der Waals surface area contributed by atoms with Gasteiger partial charge in [0.1, 0.15) is 13.6 Å². The molecule has 29 heavy (non-hydrogen) atoms. The molecule has 1 aliphatic rings. The maximum absolute atomic E-state index is 5.76. The molecule has 0 heterocycles. The van der Waals surface area contributed by atoms with E-state index < -0.39 is 0 Å². The molecule has 0 spiro atoms. The number of methoxy groups -OCH3 is 2. The third-order valence-electron chi connectivity index (χ3n) is 5.28. The minimum absolute atomic E-state index is 0.0699. The summed E-state index contributed by atoms with van der Waals surface area (Å²) in [5.74, 6) is 3.53. The molecule has 0 bridgehead atoms. The highest BCUT2D eigenvalue weighted by molar-refractivity contribution is 4.87. The fourth-order valence-corrected chi connectivity index (χ4v) is 3.67. The van der Waals surface area contributed by atoms with E-state index in [0.29, 0.717) is 39.6 Å². The smallest absolute Gasteiger partial charge is 0.146 e. The van der Waals surface area contributed by atoms with Gasteiger partial charge in [0.25, 0.3) is 0 Å². The van der Waals surface area contributed by atoms with Gasteiger partial charge in [0.2, 0.25) is 0 Å². The molecule has 0 unspecified atom stereocenters. The van der Waals surface area contributed by atoms with Gasteiger partial charge >= 0.3 is 0 Å². The van der Waals surface area contributed by atoms with E-state index in [4.69, 9.17) is 34.8 Å². The van der Waals surface area contributed by atoms with Crippen LogP contribution >= 0.6 is 0 Å². The molecule has 2 atom stereocenters. The Kier molecular flexibility index (Phi) is 17.5. The monoisotopic (exact) mass is 414 g/mol. The van der Waals surface area contributed by atoms with Crippen LogP contribution in [0.2, 0.25) is 0 Å². The Morgan fingerprint density at radius 2 is 1.48 bits per heavy atom. The first-order valence-corrected chi connectivity index (χ1v) is 11.1. The maximum Gasteiger partial charge on any atom is 0.146 e. The Morgan fingerprint density at radius 1 is 0.862 bits per heavy atom. The summed E-state index contributed by atoms with van der Waals surface area (Å²) in [5, 5.41) is 0. The van der Waals surface area contributed by atoms with E-state index >= 15 is 0 Å². The largest absolute Gasteiger partial charge is 0.376 e. The van der Waals surface area contributed by atoms with Crippen LogP contribution in [-0.2, 0) is 28.4 Å². The lowest BCUT2D eigenvalue weighted by molar-refractivity contribution is -0.111. The van der Waals surface area contributed by atoms with Crippen molar-refractivity contribution in [2.75, 3.05) is 54.2 Å². The molecule has 1 saturated carbocycles. The summed E-state index contributed by atoms with van der Waals surface area (Å²) in [5.41, 5.74) is 0. The molecule has 1 aliphatic carbocycles. The molecule has 0 aromatic heterocycles. The third-order valence-corrected chi connectivity index (χ3v) is 5.28. The Morgan fingerprint density at radius 3 is 2.10 bits per heavy atom. The molecular weight excluding hydrogens is 372 g/mol. The van der Waals surface area contributed by atoms with Crippen LogP contribution in [0, 0.1) is 18.3 Å². The van der Waals surface area contributed by atoms with Gasteiger partial charge in [-0.3, -0.25) is 0 Å². The van der Waals surface area contributed by atoms with E-state index in [1.165, 1.54) is 51.4 Å². The number of unbranched alkanes of at least 4 members (excludes halogenated alkanes) is 1. The average Bonchev–Trinajstić information content (AvgIpc) is 2.75. The predicted octanol–water partition coefficient (Wildman–Crippen LogP) is 4.16. The van der Waals surface area contributed by atoms with Crippen LogP contribution < -0.4 is 0 Å². The summed E-state index contributed by atoms with van der Waals surface area (Å²) in [4.78, 5) is 0. The van der Waals surface area contributed by atoms with Gasteiger partial charge in [-0.15, -0.1) is 12.3 Å². The molecule has 0 N–H and O–H groups in total. The fourth-order valence-electron chi connectivity index (χ4n) is 3.67. The molecule has 0 aliphatic heterocycles. The minimum atomic E-state index is -0.151. The number of terminal acetylenes is 1. The predicted molar refractivity (Wildman–Crippen MR) is 114 cm³/mol. The summed E-state index contributed by atoms with van der Waals surface area (Å²) >= 11 is 0. The Labute approximate surface area is 177 Å². The summed E-state index contributed by atoms with van der Waals surface area (Å²) < 4.78 is 32.5. The summed E-state index contributed by atoms with van der Waals surface area (Å²) in [6, 6.07) is 0. The molecule has 0 aromatic carbocycles. The van der Waals surface area contributed by atoms with Gasteiger partial charge in [-0.25, -0.2) is 0 Å². The second-order valence-corrected chi connectivity index (χ2v) is 7.74. The number of ether oxygens (including phenoxy) is 6. The van der Waals surface area contributed by atoms with E-state index in [9.17, 15) is 0 Å². The lowest BCUT2D eigenvalue weighted by atomic mass is 9.85. The zero-order valence-electron chi connectivity index (χ0n) is 18.6. The summed E-state index contributed by atoms with van der Waals surface area (Å²) in [6.45, 7) is 2.52.